The van der Waals surface area contributed by atoms with Gasteiger partial charge < -0.3 is 9.47 Å². The summed E-state index contributed by atoms with van der Waals surface area (Å²) in [6.07, 6.45) is 1.51. The summed E-state index contributed by atoms with van der Waals surface area (Å²) in [5, 5.41) is 3.96. The molecule has 3 aromatic rings. The van der Waals surface area contributed by atoms with Crippen LogP contribution in [-0.2, 0) is 0 Å². The summed E-state index contributed by atoms with van der Waals surface area (Å²) in [6, 6.07) is 20.6. The number of nitrogens with zero attached hydrogens (tertiary/aromatic N) is 1. The van der Waals surface area contributed by atoms with Crippen LogP contribution in [0.4, 0.5) is 0 Å². The largest absolute Gasteiger partial charge is 0.494 e. The molecule has 0 saturated carbocycles. The molecule has 0 atom stereocenters. The van der Waals surface area contributed by atoms with Gasteiger partial charge in [-0.25, -0.2) is 10.2 Å². The van der Waals surface area contributed by atoms with Gasteiger partial charge in [-0.15, -0.1) is 0 Å². The first kappa shape index (κ1) is 21.3. The number of rotatable bonds is 7. The Morgan fingerprint density at radius 2 is 1.63 bits per heavy atom. The van der Waals surface area contributed by atoms with E-state index in [1.807, 2.05) is 13.0 Å². The molecule has 6 nitrogen and oxygen atoms in total. The topological polar surface area (TPSA) is 77.0 Å². The second kappa shape index (κ2) is 10.4. The predicted octanol–water partition coefficient (Wildman–Crippen LogP) is 4.83. The van der Waals surface area contributed by atoms with Gasteiger partial charge in [-0.2, -0.15) is 5.10 Å². The SMILES string of the molecule is CCOc1ccc(C(=O)Oc2ccc(/C=N/NC(=O)c3ccccc3Br)cc2)cc1. The third-order valence-electron chi connectivity index (χ3n) is 3.99. The lowest BCUT2D eigenvalue weighted by atomic mass is 10.2. The number of hydrogen-bond acceptors (Lipinski definition) is 5. The van der Waals surface area contributed by atoms with Crippen LogP contribution in [0.3, 0.4) is 0 Å². The highest BCUT2D eigenvalue weighted by Gasteiger charge is 2.09. The van der Waals surface area contributed by atoms with Crippen molar-refractivity contribution in [3.05, 3.63) is 94.0 Å². The highest BCUT2D eigenvalue weighted by Crippen LogP contribution is 2.17. The summed E-state index contributed by atoms with van der Waals surface area (Å²) in [7, 11) is 0. The molecule has 0 unspecified atom stereocenters. The molecule has 0 radical (unpaired) electrons. The number of benzene rings is 3. The molecule has 0 heterocycles. The zero-order valence-corrected chi connectivity index (χ0v) is 17.8. The van der Waals surface area contributed by atoms with E-state index in [9.17, 15) is 9.59 Å². The first-order chi connectivity index (χ1) is 14.6. The van der Waals surface area contributed by atoms with Gasteiger partial charge in [0.1, 0.15) is 11.5 Å². The van der Waals surface area contributed by atoms with Gasteiger partial charge in [0.25, 0.3) is 5.91 Å². The Balaban J connectivity index is 1.55. The Kier molecular flexibility index (Phi) is 7.34. The quantitative estimate of drug-likeness (QED) is 0.234. The molecule has 1 N–H and O–H groups in total. The third-order valence-corrected chi connectivity index (χ3v) is 4.68. The number of ether oxygens (including phenoxy) is 2. The van der Waals surface area contributed by atoms with E-state index >= 15 is 0 Å². The van der Waals surface area contributed by atoms with Crippen molar-refractivity contribution in [1.82, 2.24) is 5.43 Å². The Hall–Kier alpha value is -3.45. The highest BCUT2D eigenvalue weighted by atomic mass is 79.9. The molecule has 30 heavy (non-hydrogen) atoms. The summed E-state index contributed by atoms with van der Waals surface area (Å²) < 4.78 is 11.4. The molecule has 0 aromatic heterocycles. The van der Waals surface area contributed by atoms with Crippen molar-refractivity contribution in [1.29, 1.82) is 0 Å². The van der Waals surface area contributed by atoms with Gasteiger partial charge >= 0.3 is 5.97 Å². The van der Waals surface area contributed by atoms with Gasteiger partial charge in [-0.05, 0) is 89.1 Å². The number of hydrazone groups is 1. The van der Waals surface area contributed by atoms with E-state index in [4.69, 9.17) is 9.47 Å². The normalized spacial score (nSPS) is 10.6. The maximum absolute atomic E-state index is 12.2. The molecule has 0 saturated heterocycles. The fraction of sp³-hybridized carbons (Fsp3) is 0.0870. The molecule has 3 rings (SSSR count). The Bertz CT molecular complexity index is 1050. The second-order valence-corrected chi connectivity index (χ2v) is 6.95. The second-order valence-electron chi connectivity index (χ2n) is 6.09. The number of carbonyl (C=O) groups excluding carboxylic acids is 2. The van der Waals surface area contributed by atoms with Gasteiger partial charge in [0.2, 0.25) is 0 Å². The number of nitrogens with one attached hydrogen (secondary N) is 1. The zero-order chi connectivity index (χ0) is 21.3. The number of carbonyl (C=O) groups is 2. The molecule has 0 aliphatic carbocycles. The summed E-state index contributed by atoms with van der Waals surface area (Å²) >= 11 is 3.33. The van der Waals surface area contributed by atoms with Gasteiger partial charge in [0, 0.05) is 4.47 Å². The average Bonchev–Trinajstić information content (AvgIpc) is 2.76. The van der Waals surface area contributed by atoms with Crippen molar-refractivity contribution in [3.8, 4) is 11.5 Å². The predicted molar refractivity (Wildman–Crippen MR) is 118 cm³/mol. The van der Waals surface area contributed by atoms with Gasteiger partial charge in [-0.1, -0.05) is 12.1 Å². The van der Waals surface area contributed by atoms with Crippen LogP contribution in [0.2, 0.25) is 0 Å². The summed E-state index contributed by atoms with van der Waals surface area (Å²) in [4.78, 5) is 24.3. The summed E-state index contributed by atoms with van der Waals surface area (Å²) in [6.45, 7) is 2.46. The van der Waals surface area contributed by atoms with Crippen molar-refractivity contribution < 1.29 is 19.1 Å². The van der Waals surface area contributed by atoms with E-state index in [0.717, 1.165) is 5.56 Å². The summed E-state index contributed by atoms with van der Waals surface area (Å²) in [5.41, 5.74) is 4.14. The van der Waals surface area contributed by atoms with Gasteiger partial charge in [0.15, 0.2) is 0 Å². The fourth-order valence-corrected chi connectivity index (χ4v) is 2.98. The average molecular weight is 467 g/mol. The lowest BCUT2D eigenvalue weighted by Gasteiger charge is -2.06. The first-order valence-corrected chi connectivity index (χ1v) is 9.99. The number of hydrogen-bond donors (Lipinski definition) is 1. The highest BCUT2D eigenvalue weighted by molar-refractivity contribution is 9.10. The van der Waals surface area contributed by atoms with E-state index in [0.29, 0.717) is 33.7 Å². The van der Waals surface area contributed by atoms with Crippen molar-refractivity contribution >= 4 is 34.0 Å². The molecule has 0 aliphatic rings. The van der Waals surface area contributed by atoms with Crippen molar-refractivity contribution in [2.45, 2.75) is 6.92 Å². The van der Waals surface area contributed by atoms with Crippen LogP contribution in [0.1, 0.15) is 33.2 Å². The van der Waals surface area contributed by atoms with E-state index in [1.54, 1.807) is 66.7 Å². The van der Waals surface area contributed by atoms with E-state index in [1.165, 1.54) is 6.21 Å². The van der Waals surface area contributed by atoms with Crippen LogP contribution in [0.15, 0.2) is 82.4 Å². The summed E-state index contributed by atoms with van der Waals surface area (Å²) in [5.74, 6) is 0.326. The first-order valence-electron chi connectivity index (χ1n) is 9.20. The van der Waals surface area contributed by atoms with Crippen molar-refractivity contribution in [2.24, 2.45) is 5.10 Å². The number of esters is 1. The van der Waals surface area contributed by atoms with Crippen LogP contribution >= 0.6 is 15.9 Å². The van der Waals surface area contributed by atoms with Crippen LogP contribution < -0.4 is 14.9 Å². The molecular formula is C23H19BrN2O4. The molecule has 7 heteroatoms. The van der Waals surface area contributed by atoms with Crippen LogP contribution in [0.5, 0.6) is 11.5 Å². The maximum atomic E-state index is 12.2. The Morgan fingerprint density at radius 1 is 0.967 bits per heavy atom. The smallest absolute Gasteiger partial charge is 0.343 e. The van der Waals surface area contributed by atoms with E-state index in [-0.39, 0.29) is 5.91 Å². The standard InChI is InChI=1S/C23H19BrN2O4/c1-2-29-18-13-9-17(10-14-18)23(28)30-19-11-7-16(8-12-19)15-25-26-22(27)20-5-3-4-6-21(20)24/h3-15H,2H2,1H3,(H,26,27)/b25-15+. The molecule has 0 fully saturated rings. The third kappa shape index (κ3) is 5.78. The molecule has 3 aromatic carbocycles. The van der Waals surface area contributed by atoms with Crippen LogP contribution in [0.25, 0.3) is 0 Å². The molecule has 0 aliphatic heterocycles. The number of halogens is 1. The molecule has 0 spiro atoms. The van der Waals surface area contributed by atoms with Crippen molar-refractivity contribution in [3.63, 3.8) is 0 Å². The molecular weight excluding hydrogens is 448 g/mol. The number of amides is 1. The van der Waals surface area contributed by atoms with E-state index < -0.39 is 5.97 Å². The zero-order valence-electron chi connectivity index (χ0n) is 16.2. The van der Waals surface area contributed by atoms with Crippen LogP contribution in [0, 0.1) is 0 Å². The lowest BCUT2D eigenvalue weighted by molar-refractivity contribution is 0.0734. The minimum atomic E-state index is -0.458. The Labute approximate surface area is 182 Å². The minimum absolute atomic E-state index is 0.320. The fourth-order valence-electron chi connectivity index (χ4n) is 2.51. The lowest BCUT2D eigenvalue weighted by Crippen LogP contribution is -2.18. The van der Waals surface area contributed by atoms with Crippen molar-refractivity contribution in [2.75, 3.05) is 6.61 Å². The molecule has 152 valence electrons. The van der Waals surface area contributed by atoms with Crippen LogP contribution in [-0.4, -0.2) is 24.7 Å². The van der Waals surface area contributed by atoms with Gasteiger partial charge in [0.05, 0.1) is 23.9 Å². The van der Waals surface area contributed by atoms with Gasteiger partial charge in [-0.3, -0.25) is 4.79 Å². The molecule has 0 bridgehead atoms. The minimum Gasteiger partial charge on any atom is -0.494 e. The Morgan fingerprint density at radius 3 is 2.30 bits per heavy atom. The monoisotopic (exact) mass is 466 g/mol. The maximum Gasteiger partial charge on any atom is 0.343 e. The van der Waals surface area contributed by atoms with E-state index in [2.05, 4.69) is 26.5 Å². The molecule has 1 amide bonds.